The Hall–Kier alpha value is -1.63. The number of aromatic nitrogens is 3. The Balaban J connectivity index is 2.23. The van der Waals surface area contributed by atoms with E-state index in [-0.39, 0.29) is 0 Å². The summed E-state index contributed by atoms with van der Waals surface area (Å²) < 4.78 is 7.22. The first-order valence-corrected chi connectivity index (χ1v) is 6.34. The van der Waals surface area contributed by atoms with Crippen LogP contribution in [0.2, 0.25) is 0 Å². The van der Waals surface area contributed by atoms with Crippen molar-refractivity contribution in [3.05, 3.63) is 48.5 Å². The molecule has 2 heterocycles. The van der Waals surface area contributed by atoms with E-state index < -0.39 is 0 Å². The summed E-state index contributed by atoms with van der Waals surface area (Å²) in [4.78, 5) is 8.47. The summed E-state index contributed by atoms with van der Waals surface area (Å²) >= 11 is 1.88. The molecule has 0 amide bonds. The molecule has 0 fully saturated rings. The number of aryl methyl sites for hydroxylation is 1. The van der Waals surface area contributed by atoms with Gasteiger partial charge in [0.2, 0.25) is 0 Å². The van der Waals surface area contributed by atoms with Crippen LogP contribution in [0.25, 0.3) is 16.9 Å². The Morgan fingerprint density at radius 1 is 1.28 bits per heavy atom. The first-order valence-electron chi connectivity index (χ1n) is 5.46. The van der Waals surface area contributed by atoms with Crippen LogP contribution in [0.1, 0.15) is 5.56 Å². The highest BCUT2D eigenvalue weighted by Crippen LogP contribution is 2.27. The Morgan fingerprint density at radius 3 is 2.94 bits per heavy atom. The van der Waals surface area contributed by atoms with Crippen LogP contribution in [0.15, 0.2) is 43.0 Å². The number of hydrogen-bond acceptors (Lipinski definition) is 3. The predicted octanol–water partition coefficient (Wildman–Crippen LogP) is 3.43. The number of fused-ring (bicyclic) bond motifs is 1. The lowest BCUT2D eigenvalue weighted by molar-refractivity contribution is 0.716. The zero-order valence-corrected chi connectivity index (χ0v) is 11.8. The van der Waals surface area contributed by atoms with Gasteiger partial charge >= 0.3 is 0 Å². The largest absolute Gasteiger partial charge is 0.428 e. The fourth-order valence-corrected chi connectivity index (χ4v) is 2.30. The van der Waals surface area contributed by atoms with Gasteiger partial charge < -0.3 is 3.07 Å². The summed E-state index contributed by atoms with van der Waals surface area (Å²) in [5, 5.41) is 0. The quantitative estimate of drug-likeness (QED) is 0.664. The maximum Gasteiger partial charge on any atom is 0.192 e. The topological polar surface area (TPSA) is 39.4 Å². The Bertz CT molecular complexity index is 708. The summed E-state index contributed by atoms with van der Waals surface area (Å²) in [6.07, 6.45) is 7.31. The van der Waals surface area contributed by atoms with Crippen molar-refractivity contribution in [1.29, 1.82) is 0 Å². The second kappa shape index (κ2) is 4.56. The number of benzene rings is 1. The molecule has 0 radical (unpaired) electrons. The zero-order valence-electron chi connectivity index (χ0n) is 9.67. The van der Waals surface area contributed by atoms with Crippen LogP contribution >= 0.6 is 23.0 Å². The normalized spacial score (nSPS) is 10.8. The highest BCUT2D eigenvalue weighted by molar-refractivity contribution is 14.1. The van der Waals surface area contributed by atoms with Gasteiger partial charge in [0.15, 0.2) is 28.7 Å². The van der Waals surface area contributed by atoms with E-state index in [1.807, 2.05) is 58.0 Å². The molecule has 0 saturated carbocycles. The van der Waals surface area contributed by atoms with Gasteiger partial charge in [0.1, 0.15) is 5.75 Å². The van der Waals surface area contributed by atoms with Gasteiger partial charge in [0.25, 0.3) is 0 Å². The Kier molecular flexibility index (Phi) is 2.91. The summed E-state index contributed by atoms with van der Waals surface area (Å²) in [7, 11) is 0. The molecule has 1 aromatic carbocycles. The van der Waals surface area contributed by atoms with Gasteiger partial charge in [0.05, 0.1) is 18.1 Å². The summed E-state index contributed by atoms with van der Waals surface area (Å²) in [5.74, 6) is 0.850. The molecule has 0 saturated heterocycles. The second-order valence-electron chi connectivity index (χ2n) is 4.00. The van der Waals surface area contributed by atoms with Crippen molar-refractivity contribution in [2.24, 2.45) is 0 Å². The van der Waals surface area contributed by atoms with Gasteiger partial charge in [-0.2, -0.15) is 0 Å². The van der Waals surface area contributed by atoms with Gasteiger partial charge in [-0.05, 0) is 30.7 Å². The van der Waals surface area contributed by atoms with E-state index in [1.54, 1.807) is 12.4 Å². The monoisotopic (exact) mass is 351 g/mol. The van der Waals surface area contributed by atoms with Crippen molar-refractivity contribution in [3.8, 4) is 17.0 Å². The van der Waals surface area contributed by atoms with E-state index in [2.05, 4.69) is 16.9 Å². The minimum Gasteiger partial charge on any atom is -0.428 e. The fourth-order valence-electron chi connectivity index (χ4n) is 2.02. The zero-order chi connectivity index (χ0) is 12.5. The number of hydrogen-bond donors (Lipinski definition) is 0. The molecule has 0 atom stereocenters. The van der Waals surface area contributed by atoms with Crippen LogP contribution in [0.4, 0.5) is 0 Å². The molecular weight excluding hydrogens is 341 g/mol. The highest BCUT2D eigenvalue weighted by atomic mass is 127. The molecule has 5 heteroatoms. The van der Waals surface area contributed by atoms with E-state index in [4.69, 9.17) is 3.07 Å². The molecule has 0 aliphatic carbocycles. The molecule has 90 valence electrons. The molecule has 0 N–H and O–H groups in total. The summed E-state index contributed by atoms with van der Waals surface area (Å²) in [6, 6.07) is 6.00. The average molecular weight is 351 g/mol. The van der Waals surface area contributed by atoms with Crippen molar-refractivity contribution >= 4 is 28.7 Å². The van der Waals surface area contributed by atoms with Crippen molar-refractivity contribution in [1.82, 2.24) is 14.4 Å². The molecule has 0 spiro atoms. The van der Waals surface area contributed by atoms with Crippen molar-refractivity contribution in [3.63, 3.8) is 0 Å². The predicted molar refractivity (Wildman–Crippen MR) is 77.8 cm³/mol. The molecule has 0 bridgehead atoms. The van der Waals surface area contributed by atoms with E-state index >= 15 is 0 Å². The molecule has 0 unspecified atom stereocenters. The molecule has 3 aromatic rings. The average Bonchev–Trinajstić information content (AvgIpc) is 2.87. The third-order valence-corrected chi connectivity index (χ3v) is 3.39. The number of imidazole rings is 1. The molecule has 3 rings (SSSR count). The summed E-state index contributed by atoms with van der Waals surface area (Å²) in [6.45, 7) is 2.06. The third-order valence-electron chi connectivity index (χ3n) is 2.88. The minimum atomic E-state index is 0.848. The Morgan fingerprint density at radius 2 is 2.17 bits per heavy atom. The SMILES string of the molecule is Cc1cc(OI)ccc1-c1cncc2nccn12. The maximum absolute atomic E-state index is 5.19. The van der Waals surface area contributed by atoms with Crippen molar-refractivity contribution in [2.75, 3.05) is 0 Å². The smallest absolute Gasteiger partial charge is 0.192 e. The lowest BCUT2D eigenvalue weighted by atomic mass is 10.1. The molecule has 2 aromatic heterocycles. The van der Waals surface area contributed by atoms with E-state index in [0.29, 0.717) is 0 Å². The van der Waals surface area contributed by atoms with Crippen molar-refractivity contribution in [2.45, 2.75) is 6.92 Å². The van der Waals surface area contributed by atoms with Crippen LogP contribution < -0.4 is 3.07 Å². The van der Waals surface area contributed by atoms with Gasteiger partial charge in [-0.25, -0.2) is 4.98 Å². The van der Waals surface area contributed by atoms with Crippen LogP contribution in [0.3, 0.4) is 0 Å². The molecule has 0 aliphatic rings. The second-order valence-corrected chi connectivity index (χ2v) is 4.44. The number of halogens is 1. The van der Waals surface area contributed by atoms with E-state index in [1.165, 1.54) is 0 Å². The van der Waals surface area contributed by atoms with Gasteiger partial charge in [-0.3, -0.25) is 9.38 Å². The summed E-state index contributed by atoms with van der Waals surface area (Å²) in [5.41, 5.74) is 4.15. The molecular formula is C13H10IN3O. The molecule has 18 heavy (non-hydrogen) atoms. The standard InChI is InChI=1S/C13H10IN3O/c1-9-6-10(18-14)2-3-11(9)12-7-15-8-13-16-4-5-17(12)13/h2-8H,1H3. The van der Waals surface area contributed by atoms with Crippen LogP contribution in [0, 0.1) is 6.92 Å². The van der Waals surface area contributed by atoms with Gasteiger partial charge in [-0.1, -0.05) is 0 Å². The first-order chi connectivity index (χ1) is 8.79. The third kappa shape index (κ3) is 1.84. The highest BCUT2D eigenvalue weighted by Gasteiger charge is 2.08. The molecule has 0 aliphatic heterocycles. The number of rotatable bonds is 2. The van der Waals surface area contributed by atoms with Crippen LogP contribution in [-0.2, 0) is 0 Å². The van der Waals surface area contributed by atoms with E-state index in [0.717, 1.165) is 28.2 Å². The molecule has 4 nitrogen and oxygen atoms in total. The lowest BCUT2D eigenvalue weighted by Gasteiger charge is -2.09. The van der Waals surface area contributed by atoms with Crippen LogP contribution in [0.5, 0.6) is 5.75 Å². The maximum atomic E-state index is 5.19. The minimum absolute atomic E-state index is 0.848. The fraction of sp³-hybridized carbons (Fsp3) is 0.0769. The van der Waals surface area contributed by atoms with E-state index in [9.17, 15) is 0 Å². The van der Waals surface area contributed by atoms with Gasteiger partial charge in [-0.15, -0.1) is 0 Å². The number of nitrogens with zero attached hydrogens (tertiary/aromatic N) is 3. The van der Waals surface area contributed by atoms with Crippen LogP contribution in [-0.4, -0.2) is 14.4 Å². The van der Waals surface area contributed by atoms with Gasteiger partial charge in [0, 0.05) is 18.0 Å². The Labute approximate surface area is 118 Å². The van der Waals surface area contributed by atoms with Crippen molar-refractivity contribution < 1.29 is 3.07 Å². The first kappa shape index (κ1) is 11.5. The lowest BCUT2D eigenvalue weighted by Crippen LogP contribution is -1.94.